The molecule has 0 spiro atoms. The maximum Gasteiger partial charge on any atom is 0.131 e. The summed E-state index contributed by atoms with van der Waals surface area (Å²) in [7, 11) is 1.89. The number of rotatable bonds is 3. The van der Waals surface area contributed by atoms with Crippen molar-refractivity contribution in [3.8, 4) is 16.9 Å². The molecule has 2 nitrogen and oxygen atoms in total. The molecule has 1 aliphatic heterocycles. The lowest BCUT2D eigenvalue weighted by molar-refractivity contribution is 0.174. The van der Waals surface area contributed by atoms with Gasteiger partial charge in [0.25, 0.3) is 0 Å². The molecule has 1 aliphatic rings. The molecule has 0 amide bonds. The second-order valence-electron chi connectivity index (χ2n) is 5.40. The molecule has 0 fully saturated rings. The second-order valence-corrected chi connectivity index (χ2v) is 6.25. The molecule has 0 aromatic heterocycles. The van der Waals surface area contributed by atoms with E-state index in [-0.39, 0.29) is 24.3 Å². The van der Waals surface area contributed by atoms with Crippen molar-refractivity contribution in [2.75, 3.05) is 13.6 Å². The summed E-state index contributed by atoms with van der Waals surface area (Å²) in [5.41, 5.74) is 2.29. The van der Waals surface area contributed by atoms with Crippen LogP contribution < -0.4 is 10.1 Å². The lowest BCUT2D eigenvalue weighted by Gasteiger charge is -2.28. The average molecular weight is 377 g/mol. The first-order valence-corrected chi connectivity index (χ1v) is 7.93. The lowest BCUT2D eigenvalue weighted by atomic mass is 9.95. The Bertz CT molecular complexity index is 708. The number of ether oxygens (including phenoxy) is 1. The number of benzene rings is 2. The maximum absolute atomic E-state index is 14.0. The van der Waals surface area contributed by atoms with Crippen LogP contribution in [0.2, 0.25) is 10.0 Å². The van der Waals surface area contributed by atoms with E-state index in [9.17, 15) is 4.39 Å². The van der Waals surface area contributed by atoms with E-state index in [1.165, 1.54) is 12.1 Å². The first kappa shape index (κ1) is 18.3. The number of aryl methyl sites for hydroxylation is 1. The van der Waals surface area contributed by atoms with Crippen LogP contribution in [-0.2, 0) is 6.42 Å². The third-order valence-electron chi connectivity index (χ3n) is 3.80. The smallest absolute Gasteiger partial charge is 0.131 e. The van der Waals surface area contributed by atoms with Gasteiger partial charge in [0.2, 0.25) is 0 Å². The summed E-state index contributed by atoms with van der Waals surface area (Å²) in [5, 5.41) is 4.15. The minimum Gasteiger partial charge on any atom is -0.488 e. The van der Waals surface area contributed by atoms with E-state index in [4.69, 9.17) is 27.9 Å². The van der Waals surface area contributed by atoms with E-state index in [1.807, 2.05) is 7.05 Å². The predicted octanol–water partition coefficient (Wildman–Crippen LogP) is 5.13. The largest absolute Gasteiger partial charge is 0.488 e. The van der Waals surface area contributed by atoms with E-state index < -0.39 is 0 Å². The van der Waals surface area contributed by atoms with E-state index in [1.54, 1.807) is 18.2 Å². The van der Waals surface area contributed by atoms with E-state index >= 15 is 0 Å². The van der Waals surface area contributed by atoms with Crippen LogP contribution in [0, 0.1) is 5.82 Å². The number of hydrogen-bond acceptors (Lipinski definition) is 2. The molecule has 0 saturated carbocycles. The number of nitrogens with one attached hydrogen (secondary N) is 1. The van der Waals surface area contributed by atoms with Crippen LogP contribution in [0.25, 0.3) is 11.1 Å². The summed E-state index contributed by atoms with van der Waals surface area (Å²) in [6.45, 7) is 0.755. The summed E-state index contributed by atoms with van der Waals surface area (Å²) in [5.74, 6) is 0.438. The van der Waals surface area contributed by atoms with Crippen molar-refractivity contribution in [1.29, 1.82) is 0 Å². The number of hydrogen-bond donors (Lipinski definition) is 1. The van der Waals surface area contributed by atoms with Crippen LogP contribution >= 0.6 is 35.6 Å². The summed E-state index contributed by atoms with van der Waals surface area (Å²) >= 11 is 12.2. The fourth-order valence-corrected chi connectivity index (χ4v) is 3.31. The molecule has 0 unspecified atom stereocenters. The van der Waals surface area contributed by atoms with Crippen molar-refractivity contribution in [1.82, 2.24) is 5.32 Å². The Morgan fingerprint density at radius 2 is 2.00 bits per heavy atom. The fourth-order valence-electron chi connectivity index (χ4n) is 2.80. The maximum atomic E-state index is 14.0. The highest BCUT2D eigenvalue weighted by molar-refractivity contribution is 6.36. The second kappa shape index (κ2) is 7.71. The Morgan fingerprint density at radius 3 is 2.70 bits per heavy atom. The topological polar surface area (TPSA) is 21.3 Å². The monoisotopic (exact) mass is 375 g/mol. The zero-order valence-electron chi connectivity index (χ0n) is 12.5. The minimum absolute atomic E-state index is 0. The van der Waals surface area contributed by atoms with Crippen molar-refractivity contribution in [2.45, 2.75) is 18.9 Å². The lowest BCUT2D eigenvalue weighted by Crippen LogP contribution is -2.32. The standard InChI is InChI=1S/C17H16Cl2FNO.ClH/c1-21-9-13-4-2-10-6-12(20)8-15(17(10)22-13)14-5-3-11(18)7-16(14)19;/h3,5-8,13,21H,2,4,9H2,1H3;1H/t13-;/m1./s1. The molecule has 0 bridgehead atoms. The van der Waals surface area contributed by atoms with Gasteiger partial charge in [-0.2, -0.15) is 0 Å². The first-order valence-electron chi connectivity index (χ1n) is 7.17. The Hall–Kier alpha value is -1.000. The van der Waals surface area contributed by atoms with Gasteiger partial charge in [-0.05, 0) is 49.7 Å². The van der Waals surface area contributed by atoms with Gasteiger partial charge in [0.1, 0.15) is 17.7 Å². The van der Waals surface area contributed by atoms with Gasteiger partial charge in [-0.3, -0.25) is 0 Å². The number of halogens is 4. The molecule has 2 aromatic carbocycles. The van der Waals surface area contributed by atoms with Gasteiger partial charge in [0.15, 0.2) is 0 Å². The SMILES string of the molecule is CNC[C@H]1CCc2cc(F)cc(-c3ccc(Cl)cc3Cl)c2O1.Cl. The van der Waals surface area contributed by atoms with Crippen LogP contribution in [0.3, 0.4) is 0 Å². The molecule has 1 N–H and O–H groups in total. The van der Waals surface area contributed by atoms with Crippen LogP contribution in [0.15, 0.2) is 30.3 Å². The van der Waals surface area contributed by atoms with Crippen molar-refractivity contribution in [3.63, 3.8) is 0 Å². The highest BCUT2D eigenvalue weighted by Crippen LogP contribution is 2.41. The van der Waals surface area contributed by atoms with Gasteiger partial charge in [-0.1, -0.05) is 29.3 Å². The van der Waals surface area contributed by atoms with Crippen LogP contribution in [-0.4, -0.2) is 19.7 Å². The normalized spacial score (nSPS) is 16.3. The van der Waals surface area contributed by atoms with Crippen LogP contribution in [0.5, 0.6) is 5.75 Å². The molecule has 2 aromatic rings. The Kier molecular flexibility index (Phi) is 6.15. The molecular weight excluding hydrogens is 360 g/mol. The third-order valence-corrected chi connectivity index (χ3v) is 4.35. The summed E-state index contributed by atoms with van der Waals surface area (Å²) in [6, 6.07) is 8.20. The first-order chi connectivity index (χ1) is 10.6. The van der Waals surface area contributed by atoms with Crippen molar-refractivity contribution in [2.24, 2.45) is 0 Å². The number of fused-ring (bicyclic) bond motifs is 1. The molecular formula is C17H17Cl3FNO. The minimum atomic E-state index is -0.282. The fraction of sp³-hybridized carbons (Fsp3) is 0.294. The molecule has 23 heavy (non-hydrogen) atoms. The van der Waals surface area contributed by atoms with Gasteiger partial charge in [-0.15, -0.1) is 12.4 Å². The zero-order chi connectivity index (χ0) is 15.7. The van der Waals surface area contributed by atoms with Crippen molar-refractivity contribution < 1.29 is 9.13 Å². The molecule has 6 heteroatoms. The summed E-state index contributed by atoms with van der Waals surface area (Å²) < 4.78 is 20.0. The van der Waals surface area contributed by atoms with Gasteiger partial charge >= 0.3 is 0 Å². The van der Waals surface area contributed by atoms with Crippen LogP contribution in [0.1, 0.15) is 12.0 Å². The number of likely N-dealkylation sites (N-methyl/N-ethyl adjacent to an activating group) is 1. The van der Waals surface area contributed by atoms with Gasteiger partial charge in [0, 0.05) is 22.7 Å². The van der Waals surface area contributed by atoms with Gasteiger partial charge in [-0.25, -0.2) is 4.39 Å². The third kappa shape index (κ3) is 3.92. The van der Waals surface area contributed by atoms with E-state index in [0.717, 1.165) is 36.3 Å². The molecule has 124 valence electrons. The Morgan fingerprint density at radius 1 is 1.22 bits per heavy atom. The summed E-state index contributed by atoms with van der Waals surface area (Å²) in [6.07, 6.45) is 1.73. The Labute approximate surface area is 151 Å². The average Bonchev–Trinajstić information content (AvgIpc) is 2.47. The van der Waals surface area contributed by atoms with Crippen LogP contribution in [0.4, 0.5) is 4.39 Å². The molecule has 3 rings (SSSR count). The predicted molar refractivity (Wildman–Crippen MR) is 95.8 cm³/mol. The van der Waals surface area contributed by atoms with Crippen molar-refractivity contribution >= 4 is 35.6 Å². The zero-order valence-corrected chi connectivity index (χ0v) is 14.9. The molecule has 0 radical (unpaired) electrons. The molecule has 1 atom stereocenters. The quantitative estimate of drug-likeness (QED) is 0.801. The van der Waals surface area contributed by atoms with Gasteiger partial charge in [0.05, 0.1) is 5.02 Å². The van der Waals surface area contributed by atoms with Crippen molar-refractivity contribution in [3.05, 3.63) is 51.8 Å². The highest BCUT2D eigenvalue weighted by atomic mass is 35.5. The molecule has 0 aliphatic carbocycles. The highest BCUT2D eigenvalue weighted by Gasteiger charge is 2.24. The molecule has 0 saturated heterocycles. The van der Waals surface area contributed by atoms with E-state index in [2.05, 4.69) is 5.32 Å². The Balaban J connectivity index is 0.00000192. The molecule has 1 heterocycles. The van der Waals surface area contributed by atoms with Gasteiger partial charge < -0.3 is 10.1 Å². The van der Waals surface area contributed by atoms with E-state index in [0.29, 0.717) is 15.6 Å². The summed E-state index contributed by atoms with van der Waals surface area (Å²) in [4.78, 5) is 0.